The molecule has 0 saturated carbocycles. The van der Waals surface area contributed by atoms with Gasteiger partial charge in [-0.15, -0.1) is 0 Å². The minimum absolute atomic E-state index is 0.0211. The number of amides is 1. The summed E-state index contributed by atoms with van der Waals surface area (Å²) in [5.41, 5.74) is 0.933. The zero-order valence-electron chi connectivity index (χ0n) is 16.7. The summed E-state index contributed by atoms with van der Waals surface area (Å²) < 4.78 is 0. The highest BCUT2D eigenvalue weighted by atomic mass is 16.4. The molecule has 2 unspecified atom stereocenters. The van der Waals surface area contributed by atoms with E-state index in [1.54, 1.807) is 4.90 Å². The van der Waals surface area contributed by atoms with Crippen LogP contribution in [0.15, 0.2) is 30.3 Å². The molecule has 1 amide bonds. The number of carboxylic acids is 1. The highest BCUT2D eigenvalue weighted by Gasteiger charge is 2.44. The average molecular weight is 374 g/mol. The summed E-state index contributed by atoms with van der Waals surface area (Å²) in [6.45, 7) is 2.91. The largest absolute Gasteiger partial charge is 0.481 e. The number of hydrogen-bond acceptors (Lipinski definition) is 2. The number of carboxylic acid groups (broad SMARTS) is 1. The van der Waals surface area contributed by atoms with Crippen LogP contribution in [0.2, 0.25) is 0 Å². The molecule has 2 rings (SSSR count). The van der Waals surface area contributed by atoms with Crippen LogP contribution in [0.3, 0.4) is 0 Å². The van der Waals surface area contributed by atoms with Crippen molar-refractivity contribution in [2.24, 2.45) is 5.92 Å². The number of likely N-dealkylation sites (tertiary alicyclic amines) is 1. The lowest BCUT2D eigenvalue weighted by molar-refractivity contribution is -0.142. The standard InChI is InChI=1S/C23H35NO3/c1-2-3-4-5-6-7-8-9-10-14-17-24-21(25)18-20(23(26)27)22(24)19-15-12-11-13-16-19/h11-13,15-16,20,22H,2-10,14,17-18H2,1H3,(H,26,27). The summed E-state index contributed by atoms with van der Waals surface area (Å²) in [6.07, 6.45) is 12.6. The van der Waals surface area contributed by atoms with Crippen molar-refractivity contribution < 1.29 is 14.7 Å². The molecule has 150 valence electrons. The first-order valence-electron chi connectivity index (χ1n) is 10.7. The van der Waals surface area contributed by atoms with Crippen LogP contribution in [0.1, 0.15) is 89.2 Å². The monoisotopic (exact) mass is 373 g/mol. The third-order valence-electron chi connectivity index (χ3n) is 5.64. The molecule has 2 atom stereocenters. The second-order valence-corrected chi connectivity index (χ2v) is 7.77. The molecule has 0 spiro atoms. The number of carbonyl (C=O) groups is 2. The molecule has 1 aliphatic heterocycles. The van der Waals surface area contributed by atoms with Gasteiger partial charge in [0.25, 0.3) is 0 Å². The molecule has 4 heteroatoms. The second kappa shape index (κ2) is 11.8. The maximum atomic E-state index is 12.4. The minimum atomic E-state index is -0.872. The van der Waals surface area contributed by atoms with Crippen molar-refractivity contribution in [1.82, 2.24) is 4.90 Å². The van der Waals surface area contributed by atoms with E-state index in [-0.39, 0.29) is 18.4 Å². The van der Waals surface area contributed by atoms with Crippen molar-refractivity contribution in [3.63, 3.8) is 0 Å². The van der Waals surface area contributed by atoms with Crippen molar-refractivity contribution in [2.75, 3.05) is 6.54 Å². The summed E-state index contributed by atoms with van der Waals surface area (Å²) in [6, 6.07) is 9.29. The fraction of sp³-hybridized carbons (Fsp3) is 0.652. The smallest absolute Gasteiger partial charge is 0.309 e. The molecule has 0 aliphatic carbocycles. The Labute approximate surface area is 164 Å². The van der Waals surface area contributed by atoms with E-state index in [9.17, 15) is 14.7 Å². The molecule has 0 aromatic heterocycles. The van der Waals surface area contributed by atoms with Crippen LogP contribution in [-0.2, 0) is 9.59 Å². The summed E-state index contributed by atoms with van der Waals surface area (Å²) in [4.78, 5) is 25.9. The van der Waals surface area contributed by atoms with Gasteiger partial charge in [0.15, 0.2) is 0 Å². The number of hydrogen-bond donors (Lipinski definition) is 1. The van der Waals surface area contributed by atoms with E-state index in [0.717, 1.165) is 18.4 Å². The predicted molar refractivity (Wildman–Crippen MR) is 108 cm³/mol. The van der Waals surface area contributed by atoms with Crippen molar-refractivity contribution >= 4 is 11.9 Å². The van der Waals surface area contributed by atoms with Crippen LogP contribution < -0.4 is 0 Å². The quantitative estimate of drug-likeness (QED) is 0.459. The highest BCUT2D eigenvalue weighted by Crippen LogP contribution is 2.38. The summed E-state index contributed by atoms with van der Waals surface area (Å²) in [7, 11) is 0. The first kappa shape index (κ1) is 21.5. The fourth-order valence-electron chi connectivity index (χ4n) is 4.11. The van der Waals surface area contributed by atoms with Gasteiger partial charge in [0, 0.05) is 13.0 Å². The van der Waals surface area contributed by atoms with Crippen LogP contribution in [0.5, 0.6) is 0 Å². The lowest BCUT2D eigenvalue weighted by Crippen LogP contribution is -2.31. The van der Waals surface area contributed by atoms with Crippen molar-refractivity contribution in [2.45, 2.75) is 83.6 Å². The van der Waals surface area contributed by atoms with Crippen molar-refractivity contribution in [3.05, 3.63) is 35.9 Å². The molecule has 0 radical (unpaired) electrons. The molecule has 0 bridgehead atoms. The highest BCUT2D eigenvalue weighted by molar-refractivity contribution is 5.87. The number of nitrogens with zero attached hydrogens (tertiary/aromatic N) is 1. The van der Waals surface area contributed by atoms with Gasteiger partial charge < -0.3 is 10.0 Å². The van der Waals surface area contributed by atoms with Gasteiger partial charge in [-0.05, 0) is 12.0 Å². The molecule has 1 aliphatic rings. The Morgan fingerprint density at radius 2 is 1.52 bits per heavy atom. The van der Waals surface area contributed by atoms with Gasteiger partial charge in [0.1, 0.15) is 0 Å². The van der Waals surface area contributed by atoms with E-state index in [4.69, 9.17) is 0 Å². The van der Waals surface area contributed by atoms with Crippen LogP contribution >= 0.6 is 0 Å². The first-order valence-corrected chi connectivity index (χ1v) is 10.7. The Balaban J connectivity index is 1.75. The molecule has 1 N–H and O–H groups in total. The van der Waals surface area contributed by atoms with Crippen molar-refractivity contribution in [3.8, 4) is 0 Å². The predicted octanol–water partition coefficient (Wildman–Crippen LogP) is 5.58. The molecule has 4 nitrogen and oxygen atoms in total. The maximum Gasteiger partial charge on any atom is 0.309 e. The summed E-state index contributed by atoms with van der Waals surface area (Å²) in [5, 5.41) is 9.55. The van der Waals surface area contributed by atoms with Gasteiger partial charge in [0.2, 0.25) is 5.91 Å². The van der Waals surface area contributed by atoms with Crippen LogP contribution in [0.25, 0.3) is 0 Å². The minimum Gasteiger partial charge on any atom is -0.481 e. The van der Waals surface area contributed by atoms with Crippen LogP contribution in [0, 0.1) is 5.92 Å². The van der Waals surface area contributed by atoms with E-state index < -0.39 is 11.9 Å². The Morgan fingerprint density at radius 1 is 0.963 bits per heavy atom. The zero-order valence-corrected chi connectivity index (χ0v) is 16.7. The number of carbonyl (C=O) groups excluding carboxylic acids is 1. The summed E-state index contributed by atoms with van der Waals surface area (Å²) >= 11 is 0. The molecule has 1 heterocycles. The fourth-order valence-corrected chi connectivity index (χ4v) is 4.11. The lowest BCUT2D eigenvalue weighted by Gasteiger charge is -2.27. The van der Waals surface area contributed by atoms with Crippen LogP contribution in [0.4, 0.5) is 0 Å². The van der Waals surface area contributed by atoms with Gasteiger partial charge in [-0.1, -0.05) is 95.0 Å². The number of aliphatic carboxylic acids is 1. The Bertz CT molecular complexity index is 572. The lowest BCUT2D eigenvalue weighted by atomic mass is 9.93. The SMILES string of the molecule is CCCCCCCCCCCCN1C(=O)CC(C(=O)O)C1c1ccccc1. The topological polar surface area (TPSA) is 57.6 Å². The first-order chi connectivity index (χ1) is 13.1. The Kier molecular flexibility index (Phi) is 9.37. The van der Waals surface area contributed by atoms with Crippen molar-refractivity contribution in [1.29, 1.82) is 0 Å². The van der Waals surface area contributed by atoms with Gasteiger partial charge in [-0.25, -0.2) is 0 Å². The van der Waals surface area contributed by atoms with E-state index in [2.05, 4.69) is 6.92 Å². The molecule has 1 fully saturated rings. The molecule has 1 saturated heterocycles. The normalized spacial score (nSPS) is 19.6. The molecule has 1 aromatic rings. The zero-order chi connectivity index (χ0) is 19.5. The third kappa shape index (κ3) is 6.67. The average Bonchev–Trinajstić information content (AvgIpc) is 3.01. The number of rotatable bonds is 13. The third-order valence-corrected chi connectivity index (χ3v) is 5.64. The number of unbranched alkanes of at least 4 members (excludes halogenated alkanes) is 9. The van der Waals surface area contributed by atoms with Gasteiger partial charge in [-0.3, -0.25) is 9.59 Å². The maximum absolute atomic E-state index is 12.4. The van der Waals surface area contributed by atoms with E-state index in [1.165, 1.54) is 51.4 Å². The van der Waals surface area contributed by atoms with Gasteiger partial charge >= 0.3 is 5.97 Å². The second-order valence-electron chi connectivity index (χ2n) is 7.77. The molecule has 1 aromatic carbocycles. The van der Waals surface area contributed by atoms with Gasteiger partial charge in [0.05, 0.1) is 12.0 Å². The van der Waals surface area contributed by atoms with Crippen LogP contribution in [-0.4, -0.2) is 28.4 Å². The van der Waals surface area contributed by atoms with Gasteiger partial charge in [-0.2, -0.15) is 0 Å². The molecular weight excluding hydrogens is 338 g/mol. The van der Waals surface area contributed by atoms with E-state index in [0.29, 0.717) is 6.54 Å². The summed E-state index contributed by atoms with van der Waals surface area (Å²) in [5.74, 6) is -1.53. The molecular formula is C23H35NO3. The Morgan fingerprint density at radius 3 is 2.07 bits per heavy atom. The van der Waals surface area contributed by atoms with E-state index >= 15 is 0 Å². The Hall–Kier alpha value is -1.84. The number of benzene rings is 1. The molecule has 27 heavy (non-hydrogen) atoms. The van der Waals surface area contributed by atoms with E-state index in [1.807, 2.05) is 30.3 Å².